The number of piperidine rings is 1. The van der Waals surface area contributed by atoms with Crippen molar-refractivity contribution in [2.75, 3.05) is 26.2 Å². The van der Waals surface area contributed by atoms with Gasteiger partial charge < -0.3 is 14.9 Å². The Morgan fingerprint density at radius 3 is 2.67 bits per heavy atom. The third-order valence-corrected chi connectivity index (χ3v) is 4.77. The Kier molecular flexibility index (Phi) is 6.31. The van der Waals surface area contributed by atoms with Crippen LogP contribution in [0.15, 0.2) is 24.3 Å². The van der Waals surface area contributed by atoms with E-state index in [-0.39, 0.29) is 18.7 Å². The van der Waals surface area contributed by atoms with E-state index in [1.165, 1.54) is 12.1 Å². The van der Waals surface area contributed by atoms with E-state index in [0.29, 0.717) is 18.7 Å². The van der Waals surface area contributed by atoms with Gasteiger partial charge in [-0.3, -0.25) is 9.59 Å². The van der Waals surface area contributed by atoms with Crippen LogP contribution in [0.4, 0.5) is 4.39 Å². The van der Waals surface area contributed by atoms with Gasteiger partial charge in [-0.15, -0.1) is 0 Å². The fourth-order valence-corrected chi connectivity index (χ4v) is 3.37. The van der Waals surface area contributed by atoms with E-state index in [0.717, 1.165) is 13.1 Å². The zero-order valence-corrected chi connectivity index (χ0v) is 14.2. The molecule has 0 spiro atoms. The second kappa shape index (κ2) is 8.24. The molecule has 24 heavy (non-hydrogen) atoms. The highest BCUT2D eigenvalue weighted by Crippen LogP contribution is 2.37. The number of halogens is 1. The minimum atomic E-state index is -0.940. The van der Waals surface area contributed by atoms with Crippen LogP contribution in [0.5, 0.6) is 0 Å². The second-order valence-electron chi connectivity index (χ2n) is 6.10. The van der Waals surface area contributed by atoms with Crippen molar-refractivity contribution >= 4 is 11.9 Å². The van der Waals surface area contributed by atoms with Crippen LogP contribution >= 0.6 is 0 Å². The number of carbonyl (C=O) groups is 2. The number of amides is 1. The Balaban J connectivity index is 2.31. The van der Waals surface area contributed by atoms with Crippen molar-refractivity contribution in [2.24, 2.45) is 5.92 Å². The molecule has 0 radical (unpaired) electrons. The molecule has 1 amide bonds. The predicted molar refractivity (Wildman–Crippen MR) is 89.0 cm³/mol. The normalized spacial score (nSPS) is 21.3. The van der Waals surface area contributed by atoms with Crippen LogP contribution < -0.4 is 0 Å². The van der Waals surface area contributed by atoms with Crippen molar-refractivity contribution in [2.45, 2.75) is 32.7 Å². The van der Waals surface area contributed by atoms with E-state index in [9.17, 15) is 19.1 Å². The summed E-state index contributed by atoms with van der Waals surface area (Å²) in [5.41, 5.74) is 0.551. The van der Waals surface area contributed by atoms with Crippen LogP contribution in [-0.2, 0) is 9.59 Å². The first kappa shape index (κ1) is 18.4. The smallest absolute Gasteiger partial charge is 0.308 e. The van der Waals surface area contributed by atoms with E-state index >= 15 is 0 Å². The van der Waals surface area contributed by atoms with Crippen LogP contribution in [0.3, 0.4) is 0 Å². The molecule has 1 aliphatic heterocycles. The molecule has 1 aromatic rings. The second-order valence-corrected chi connectivity index (χ2v) is 6.10. The molecule has 0 saturated carbocycles. The summed E-state index contributed by atoms with van der Waals surface area (Å²) < 4.78 is 13.6. The lowest BCUT2D eigenvalue weighted by Crippen LogP contribution is -2.48. The van der Waals surface area contributed by atoms with Crippen LogP contribution in [0, 0.1) is 11.7 Å². The zero-order valence-electron chi connectivity index (χ0n) is 14.2. The Morgan fingerprint density at radius 1 is 1.38 bits per heavy atom. The monoisotopic (exact) mass is 336 g/mol. The Labute approximate surface area is 142 Å². The van der Waals surface area contributed by atoms with Gasteiger partial charge >= 0.3 is 5.97 Å². The van der Waals surface area contributed by atoms with Gasteiger partial charge in [-0.2, -0.15) is 0 Å². The molecule has 1 N–H and O–H groups in total. The van der Waals surface area contributed by atoms with Crippen LogP contribution in [0.25, 0.3) is 0 Å². The summed E-state index contributed by atoms with van der Waals surface area (Å²) in [6, 6.07) is 5.31. The zero-order chi connectivity index (χ0) is 17.7. The van der Waals surface area contributed by atoms with Gasteiger partial charge in [-0.05, 0) is 37.2 Å². The number of hydrogen-bond donors (Lipinski definition) is 1. The first-order valence-electron chi connectivity index (χ1n) is 8.48. The van der Waals surface area contributed by atoms with E-state index in [1.54, 1.807) is 17.0 Å². The standard InChI is InChI=1S/C18H25FN2O3/c1-3-20(4-2)10-11-21-16(22)9-8-15(18(23)24)17(21)13-6-5-7-14(19)12-13/h5-7,12,15,17H,3-4,8-11H2,1-2H3,(H,23,24)/t15-,17+/m0/s1. The molecule has 1 aliphatic rings. The third-order valence-electron chi connectivity index (χ3n) is 4.77. The van der Waals surface area contributed by atoms with Gasteiger partial charge in [0.25, 0.3) is 0 Å². The molecule has 1 saturated heterocycles. The summed E-state index contributed by atoms with van der Waals surface area (Å²) >= 11 is 0. The maximum absolute atomic E-state index is 13.6. The van der Waals surface area contributed by atoms with Crippen molar-refractivity contribution in [3.8, 4) is 0 Å². The third kappa shape index (κ3) is 4.12. The lowest BCUT2D eigenvalue weighted by atomic mass is 9.84. The molecular formula is C18H25FN2O3. The first-order chi connectivity index (χ1) is 11.5. The highest BCUT2D eigenvalue weighted by molar-refractivity contribution is 5.81. The number of hydrogen-bond acceptors (Lipinski definition) is 3. The van der Waals surface area contributed by atoms with Gasteiger partial charge in [0.1, 0.15) is 5.82 Å². The van der Waals surface area contributed by atoms with Crippen LogP contribution in [0.1, 0.15) is 38.3 Å². The largest absolute Gasteiger partial charge is 0.481 e. The van der Waals surface area contributed by atoms with E-state index < -0.39 is 23.7 Å². The number of nitrogens with zero attached hydrogens (tertiary/aromatic N) is 2. The molecule has 2 rings (SSSR count). The molecule has 1 heterocycles. The number of carboxylic acid groups (broad SMARTS) is 1. The topological polar surface area (TPSA) is 60.9 Å². The molecule has 2 atom stereocenters. The molecule has 132 valence electrons. The van der Waals surface area contributed by atoms with E-state index in [2.05, 4.69) is 4.90 Å². The van der Waals surface area contributed by atoms with E-state index in [4.69, 9.17) is 0 Å². The SMILES string of the molecule is CCN(CC)CCN1C(=O)CC[C@H](C(=O)O)[C@H]1c1cccc(F)c1. The van der Waals surface area contributed by atoms with Gasteiger partial charge in [-0.1, -0.05) is 26.0 Å². The molecule has 0 aromatic heterocycles. The van der Waals surface area contributed by atoms with Crippen molar-refractivity contribution in [3.63, 3.8) is 0 Å². The summed E-state index contributed by atoms with van der Waals surface area (Å²) in [7, 11) is 0. The number of carbonyl (C=O) groups excluding carboxylic acids is 1. The highest BCUT2D eigenvalue weighted by Gasteiger charge is 2.40. The minimum absolute atomic E-state index is 0.0612. The maximum atomic E-state index is 13.6. The summed E-state index contributed by atoms with van der Waals surface area (Å²) in [4.78, 5) is 27.9. The quantitative estimate of drug-likeness (QED) is 0.831. The van der Waals surface area contributed by atoms with Gasteiger partial charge in [0.2, 0.25) is 5.91 Å². The van der Waals surface area contributed by atoms with Crippen molar-refractivity contribution < 1.29 is 19.1 Å². The molecule has 0 unspecified atom stereocenters. The fraction of sp³-hybridized carbons (Fsp3) is 0.556. The number of carboxylic acids is 1. The summed E-state index contributed by atoms with van der Waals surface area (Å²) in [6.07, 6.45) is 0.512. The van der Waals surface area contributed by atoms with E-state index in [1.807, 2.05) is 13.8 Å². The number of likely N-dealkylation sites (tertiary alicyclic amines) is 1. The lowest BCUT2D eigenvalue weighted by molar-refractivity contribution is -0.152. The summed E-state index contributed by atoms with van der Waals surface area (Å²) in [5, 5.41) is 9.57. The molecule has 1 aromatic carbocycles. The molecule has 6 heteroatoms. The molecular weight excluding hydrogens is 311 g/mol. The molecule has 0 aliphatic carbocycles. The van der Waals surface area contributed by atoms with Gasteiger partial charge in [0.05, 0.1) is 12.0 Å². The van der Waals surface area contributed by atoms with Gasteiger partial charge in [-0.25, -0.2) is 4.39 Å². The van der Waals surface area contributed by atoms with Gasteiger partial charge in [0, 0.05) is 19.5 Å². The average Bonchev–Trinajstić information content (AvgIpc) is 2.56. The van der Waals surface area contributed by atoms with Crippen molar-refractivity contribution in [1.29, 1.82) is 0 Å². The molecule has 5 nitrogen and oxygen atoms in total. The highest BCUT2D eigenvalue weighted by atomic mass is 19.1. The number of aliphatic carboxylic acids is 1. The number of likely N-dealkylation sites (N-methyl/N-ethyl adjacent to an activating group) is 1. The Bertz CT molecular complexity index is 589. The fourth-order valence-electron chi connectivity index (χ4n) is 3.37. The summed E-state index contributed by atoms with van der Waals surface area (Å²) in [5.74, 6) is -2.13. The summed E-state index contributed by atoms with van der Waals surface area (Å²) in [6.45, 7) is 6.96. The minimum Gasteiger partial charge on any atom is -0.481 e. The number of rotatable bonds is 7. The molecule has 1 fully saturated rings. The average molecular weight is 336 g/mol. The van der Waals surface area contributed by atoms with Crippen molar-refractivity contribution in [3.05, 3.63) is 35.6 Å². The Morgan fingerprint density at radius 2 is 2.08 bits per heavy atom. The predicted octanol–water partition coefficient (Wildman–Crippen LogP) is 2.53. The first-order valence-corrected chi connectivity index (χ1v) is 8.48. The maximum Gasteiger partial charge on any atom is 0.308 e. The molecule has 0 bridgehead atoms. The number of benzene rings is 1. The van der Waals surface area contributed by atoms with Crippen molar-refractivity contribution in [1.82, 2.24) is 9.80 Å². The Hall–Kier alpha value is -1.95. The van der Waals surface area contributed by atoms with Crippen LogP contribution in [-0.4, -0.2) is 53.0 Å². The van der Waals surface area contributed by atoms with Crippen LogP contribution in [0.2, 0.25) is 0 Å². The van der Waals surface area contributed by atoms with Gasteiger partial charge in [0.15, 0.2) is 0 Å². The lowest BCUT2D eigenvalue weighted by Gasteiger charge is -2.40.